The van der Waals surface area contributed by atoms with Gasteiger partial charge >= 0.3 is 0 Å². The Balaban J connectivity index is 0.000000156. The van der Waals surface area contributed by atoms with Crippen LogP contribution in [0, 0.1) is 0 Å². The van der Waals surface area contributed by atoms with Crippen molar-refractivity contribution in [2.75, 3.05) is 0 Å². The average molecular weight is 492 g/mol. The summed E-state index contributed by atoms with van der Waals surface area (Å²) >= 11 is 6.89. The minimum Gasteiger partial charge on any atom is -0.300 e. The van der Waals surface area contributed by atoms with Crippen LogP contribution in [0.4, 0.5) is 0 Å². The Labute approximate surface area is 180 Å². The van der Waals surface area contributed by atoms with Crippen molar-refractivity contribution in [1.82, 2.24) is 0 Å². The number of benzene rings is 2. The maximum atomic E-state index is 11.1. The predicted molar refractivity (Wildman–Crippen MR) is 120 cm³/mol. The minimum atomic E-state index is 0.429. The molecule has 1 nitrogen and oxygen atoms in total. The van der Waals surface area contributed by atoms with E-state index in [1.807, 2.05) is 0 Å². The fourth-order valence-electron chi connectivity index (χ4n) is 4.18. The Morgan fingerprint density at radius 1 is 0.593 bits per heavy atom. The third kappa shape index (κ3) is 6.57. The van der Waals surface area contributed by atoms with Crippen LogP contribution in [0.1, 0.15) is 80.8 Å². The van der Waals surface area contributed by atoms with Gasteiger partial charge in [0.2, 0.25) is 0 Å². The second kappa shape index (κ2) is 10.6. The van der Waals surface area contributed by atoms with E-state index in [0.29, 0.717) is 11.7 Å². The highest BCUT2D eigenvalue weighted by molar-refractivity contribution is 9.10. The highest BCUT2D eigenvalue weighted by Crippen LogP contribution is 2.33. The summed E-state index contributed by atoms with van der Waals surface area (Å²) < 4.78 is 2.31. The summed E-state index contributed by atoms with van der Waals surface area (Å²) in [6, 6.07) is 17.3. The van der Waals surface area contributed by atoms with Crippen molar-refractivity contribution in [2.45, 2.75) is 69.6 Å². The number of rotatable bonds is 2. The van der Waals surface area contributed by atoms with E-state index in [-0.39, 0.29) is 0 Å². The zero-order valence-electron chi connectivity index (χ0n) is 15.8. The lowest BCUT2D eigenvalue weighted by Gasteiger charge is -2.21. The molecular weight excluding hydrogens is 464 g/mol. The molecule has 0 spiro atoms. The summed E-state index contributed by atoms with van der Waals surface area (Å²) in [4.78, 5) is 11.1. The summed E-state index contributed by atoms with van der Waals surface area (Å²) in [5.41, 5.74) is 2.91. The normalized spacial score (nSPS) is 18.7. The van der Waals surface area contributed by atoms with Crippen LogP contribution in [0.5, 0.6) is 0 Å². The molecule has 2 aromatic rings. The molecule has 2 aliphatic rings. The Morgan fingerprint density at radius 3 is 1.44 bits per heavy atom. The molecule has 0 aliphatic heterocycles. The molecule has 0 radical (unpaired) electrons. The SMILES string of the molecule is Brc1ccc(C2CCCCC2)cc1.O=C1CCC(c2ccc(Br)cc2)CC1. The van der Waals surface area contributed by atoms with Crippen molar-refractivity contribution in [3.05, 3.63) is 68.6 Å². The van der Waals surface area contributed by atoms with E-state index in [2.05, 4.69) is 80.4 Å². The largest absolute Gasteiger partial charge is 0.300 e. The van der Waals surface area contributed by atoms with E-state index in [4.69, 9.17) is 0 Å². The molecule has 0 heterocycles. The summed E-state index contributed by atoms with van der Waals surface area (Å²) in [7, 11) is 0. The lowest BCUT2D eigenvalue weighted by atomic mass is 9.83. The number of ketones is 1. The van der Waals surface area contributed by atoms with Crippen molar-refractivity contribution in [2.24, 2.45) is 0 Å². The maximum Gasteiger partial charge on any atom is 0.132 e. The number of carbonyl (C=O) groups excluding carboxylic acids is 1. The van der Waals surface area contributed by atoms with Crippen LogP contribution >= 0.6 is 31.9 Å². The fourth-order valence-corrected chi connectivity index (χ4v) is 4.71. The van der Waals surface area contributed by atoms with Crippen molar-refractivity contribution in [3.8, 4) is 0 Å². The Bertz CT molecular complexity index is 705. The number of hydrogen-bond acceptors (Lipinski definition) is 1. The van der Waals surface area contributed by atoms with E-state index in [1.54, 1.807) is 0 Å². The third-order valence-electron chi connectivity index (χ3n) is 5.83. The lowest BCUT2D eigenvalue weighted by molar-refractivity contribution is -0.120. The van der Waals surface area contributed by atoms with Crippen LogP contribution in [0.25, 0.3) is 0 Å². The van der Waals surface area contributed by atoms with E-state index in [1.165, 1.54) is 47.7 Å². The van der Waals surface area contributed by atoms with E-state index < -0.39 is 0 Å². The van der Waals surface area contributed by atoms with E-state index in [0.717, 1.165) is 36.1 Å². The Hall–Kier alpha value is -0.930. The van der Waals surface area contributed by atoms with Crippen LogP contribution in [-0.2, 0) is 4.79 Å². The molecule has 0 N–H and O–H groups in total. The van der Waals surface area contributed by atoms with Crippen molar-refractivity contribution >= 4 is 37.6 Å². The highest BCUT2D eigenvalue weighted by Gasteiger charge is 2.19. The van der Waals surface area contributed by atoms with Crippen LogP contribution in [0.2, 0.25) is 0 Å². The van der Waals surface area contributed by atoms with Crippen molar-refractivity contribution in [1.29, 1.82) is 0 Å². The molecule has 3 heteroatoms. The smallest absolute Gasteiger partial charge is 0.132 e. The topological polar surface area (TPSA) is 17.1 Å². The number of hydrogen-bond donors (Lipinski definition) is 0. The molecule has 27 heavy (non-hydrogen) atoms. The molecule has 2 aliphatic carbocycles. The molecule has 2 saturated carbocycles. The standard InChI is InChI=1S/C12H13BrO.C12H15Br/c13-11-5-1-9(2-6-11)10-3-7-12(14)8-4-10;13-12-8-6-11(7-9-12)10-4-2-1-3-5-10/h1-2,5-6,10H,3-4,7-8H2;6-10H,1-5H2. The van der Waals surface area contributed by atoms with Gasteiger partial charge < -0.3 is 0 Å². The van der Waals surface area contributed by atoms with Gasteiger partial charge in [0.05, 0.1) is 0 Å². The first-order chi connectivity index (χ1) is 13.1. The first kappa shape index (κ1) is 20.8. The monoisotopic (exact) mass is 490 g/mol. The van der Waals surface area contributed by atoms with Gasteiger partial charge in [-0.1, -0.05) is 75.4 Å². The zero-order valence-corrected chi connectivity index (χ0v) is 19.0. The molecule has 0 aromatic heterocycles. The van der Waals surface area contributed by atoms with Crippen LogP contribution < -0.4 is 0 Å². The van der Waals surface area contributed by atoms with Gasteiger partial charge in [-0.05, 0) is 72.9 Å². The van der Waals surface area contributed by atoms with Gasteiger partial charge in [-0.15, -0.1) is 0 Å². The third-order valence-corrected chi connectivity index (χ3v) is 6.89. The van der Waals surface area contributed by atoms with Gasteiger partial charge in [0.15, 0.2) is 0 Å². The summed E-state index contributed by atoms with van der Waals surface area (Å²) in [5, 5.41) is 0. The molecule has 0 saturated heterocycles. The Morgan fingerprint density at radius 2 is 1.00 bits per heavy atom. The molecule has 2 aromatic carbocycles. The molecule has 0 unspecified atom stereocenters. The first-order valence-corrected chi connectivity index (χ1v) is 11.7. The molecule has 2 fully saturated rings. The van der Waals surface area contributed by atoms with Crippen LogP contribution in [0.3, 0.4) is 0 Å². The second-order valence-electron chi connectivity index (χ2n) is 7.75. The van der Waals surface area contributed by atoms with E-state index >= 15 is 0 Å². The lowest BCUT2D eigenvalue weighted by Crippen LogP contribution is -2.12. The van der Waals surface area contributed by atoms with E-state index in [9.17, 15) is 4.79 Å². The number of carbonyl (C=O) groups is 1. The molecule has 0 atom stereocenters. The molecule has 0 amide bonds. The fraction of sp³-hybridized carbons (Fsp3) is 0.458. The molecule has 0 bridgehead atoms. The number of Topliss-reactive ketones (excluding diaryl/α,β-unsaturated/α-hetero) is 1. The average Bonchev–Trinajstić information content (AvgIpc) is 2.71. The van der Waals surface area contributed by atoms with Crippen molar-refractivity contribution < 1.29 is 4.79 Å². The highest BCUT2D eigenvalue weighted by atomic mass is 79.9. The predicted octanol–water partition coefficient (Wildman–Crippen LogP) is 8.17. The van der Waals surface area contributed by atoms with Crippen LogP contribution in [0.15, 0.2) is 57.5 Å². The molecule has 144 valence electrons. The first-order valence-electron chi connectivity index (χ1n) is 10.1. The second-order valence-corrected chi connectivity index (χ2v) is 9.58. The van der Waals surface area contributed by atoms with Gasteiger partial charge in [-0.2, -0.15) is 0 Å². The number of halogens is 2. The quantitative estimate of drug-likeness (QED) is 0.413. The Kier molecular flexibility index (Phi) is 8.14. The van der Waals surface area contributed by atoms with Gasteiger partial charge in [-0.3, -0.25) is 4.79 Å². The van der Waals surface area contributed by atoms with Crippen LogP contribution in [-0.4, -0.2) is 5.78 Å². The van der Waals surface area contributed by atoms with Gasteiger partial charge in [0, 0.05) is 21.8 Å². The molecule has 4 rings (SSSR count). The summed E-state index contributed by atoms with van der Waals surface area (Å²) in [6.45, 7) is 0. The van der Waals surface area contributed by atoms with Gasteiger partial charge in [0.1, 0.15) is 5.78 Å². The van der Waals surface area contributed by atoms with Crippen molar-refractivity contribution in [3.63, 3.8) is 0 Å². The minimum absolute atomic E-state index is 0.429. The summed E-state index contributed by atoms with van der Waals surface area (Å²) in [6.07, 6.45) is 10.6. The van der Waals surface area contributed by atoms with Gasteiger partial charge in [-0.25, -0.2) is 0 Å². The molecular formula is C24H28Br2O. The zero-order chi connectivity index (χ0) is 19.1. The summed E-state index contributed by atoms with van der Waals surface area (Å²) in [5.74, 6) is 1.86. The van der Waals surface area contributed by atoms with Gasteiger partial charge in [0.25, 0.3) is 0 Å². The maximum absolute atomic E-state index is 11.1.